The first-order chi connectivity index (χ1) is 7.13. The Morgan fingerprint density at radius 2 is 2.27 bits per heavy atom. The first-order valence-corrected chi connectivity index (χ1v) is 4.92. The number of aromatic hydroxyl groups is 1. The van der Waals surface area contributed by atoms with Gasteiger partial charge in [-0.05, 0) is 28.1 Å². The molecule has 2 aromatic rings. The predicted molar refractivity (Wildman–Crippen MR) is 56.9 cm³/mol. The molecule has 5 heteroatoms. The number of carbonyl (C=O) groups excluding carboxylic acids is 1. The number of methoxy groups -OCH3 is 1. The average Bonchev–Trinajstić information content (AvgIpc) is 2.67. The topological polar surface area (TPSA) is 59.7 Å². The Hall–Kier alpha value is -1.49. The van der Waals surface area contributed by atoms with Crippen LogP contribution in [0.15, 0.2) is 27.1 Å². The summed E-state index contributed by atoms with van der Waals surface area (Å²) in [6.07, 6.45) is 0. The van der Waals surface area contributed by atoms with Crippen molar-refractivity contribution >= 4 is 32.9 Å². The number of benzene rings is 1. The molecular formula is C10H7BrO4. The smallest absolute Gasteiger partial charge is 0.373 e. The Morgan fingerprint density at radius 1 is 1.53 bits per heavy atom. The molecule has 2 rings (SSSR count). The molecule has 0 saturated heterocycles. The molecule has 1 aromatic carbocycles. The average molecular weight is 271 g/mol. The number of hydrogen-bond donors (Lipinski definition) is 1. The summed E-state index contributed by atoms with van der Waals surface area (Å²) in [5.41, 5.74) is 0.514. The van der Waals surface area contributed by atoms with Gasteiger partial charge in [-0.2, -0.15) is 0 Å². The lowest BCUT2D eigenvalue weighted by molar-refractivity contribution is 0.0567. The van der Waals surface area contributed by atoms with Gasteiger partial charge in [0.05, 0.1) is 11.6 Å². The molecule has 0 bridgehead atoms. The molecule has 0 atom stereocenters. The molecule has 1 aromatic heterocycles. The van der Waals surface area contributed by atoms with Gasteiger partial charge in [0.1, 0.15) is 11.3 Å². The lowest BCUT2D eigenvalue weighted by Gasteiger charge is -1.95. The normalized spacial score (nSPS) is 10.5. The Balaban J connectivity index is 2.66. The second-order valence-corrected chi connectivity index (χ2v) is 3.71. The van der Waals surface area contributed by atoms with Crippen LogP contribution in [0.4, 0.5) is 0 Å². The number of ether oxygens (including phenoxy) is 1. The third-order valence-electron chi connectivity index (χ3n) is 2.00. The van der Waals surface area contributed by atoms with Crippen LogP contribution in [-0.4, -0.2) is 18.2 Å². The van der Waals surface area contributed by atoms with Gasteiger partial charge >= 0.3 is 5.97 Å². The van der Waals surface area contributed by atoms with Crippen LogP contribution in [0, 0.1) is 0 Å². The summed E-state index contributed by atoms with van der Waals surface area (Å²) in [6, 6.07) is 4.59. The van der Waals surface area contributed by atoms with Gasteiger partial charge in [-0.1, -0.05) is 0 Å². The second kappa shape index (κ2) is 3.58. The number of hydrogen-bond acceptors (Lipinski definition) is 4. The fraction of sp³-hybridized carbons (Fsp3) is 0.100. The number of carbonyl (C=O) groups is 1. The van der Waals surface area contributed by atoms with E-state index in [1.54, 1.807) is 6.07 Å². The fourth-order valence-corrected chi connectivity index (χ4v) is 1.71. The maximum Gasteiger partial charge on any atom is 0.373 e. The van der Waals surface area contributed by atoms with E-state index in [-0.39, 0.29) is 11.5 Å². The molecule has 78 valence electrons. The predicted octanol–water partition coefficient (Wildman–Crippen LogP) is 2.69. The molecule has 0 spiro atoms. The minimum Gasteiger partial charge on any atom is -0.507 e. The molecule has 0 aliphatic rings. The maximum absolute atomic E-state index is 11.2. The van der Waals surface area contributed by atoms with Crippen molar-refractivity contribution < 1.29 is 19.1 Å². The van der Waals surface area contributed by atoms with Crippen molar-refractivity contribution in [3.8, 4) is 5.75 Å². The molecule has 1 N–H and O–H groups in total. The van der Waals surface area contributed by atoms with Crippen molar-refractivity contribution in [2.75, 3.05) is 7.11 Å². The SMILES string of the molecule is COC(=O)c1cc2c(Br)c(O)ccc2o1. The molecule has 15 heavy (non-hydrogen) atoms. The minimum atomic E-state index is -0.544. The quantitative estimate of drug-likeness (QED) is 0.810. The van der Waals surface area contributed by atoms with E-state index in [4.69, 9.17) is 4.42 Å². The standard InChI is InChI=1S/C10H7BrO4/c1-14-10(13)8-4-5-7(15-8)3-2-6(12)9(5)11/h2-4,12H,1H3. The van der Waals surface area contributed by atoms with E-state index in [9.17, 15) is 9.90 Å². The first kappa shape index (κ1) is 10.0. The van der Waals surface area contributed by atoms with E-state index >= 15 is 0 Å². The van der Waals surface area contributed by atoms with Crippen LogP contribution >= 0.6 is 15.9 Å². The van der Waals surface area contributed by atoms with E-state index in [2.05, 4.69) is 20.7 Å². The lowest BCUT2D eigenvalue weighted by Crippen LogP contribution is -1.97. The Labute approximate surface area is 93.6 Å². The second-order valence-electron chi connectivity index (χ2n) is 2.91. The van der Waals surface area contributed by atoms with Crippen LogP contribution in [0.25, 0.3) is 11.0 Å². The van der Waals surface area contributed by atoms with Crippen molar-refractivity contribution in [2.45, 2.75) is 0 Å². The zero-order valence-electron chi connectivity index (χ0n) is 7.78. The lowest BCUT2D eigenvalue weighted by atomic mass is 10.2. The third kappa shape index (κ3) is 1.59. The van der Waals surface area contributed by atoms with E-state index in [1.807, 2.05) is 0 Å². The number of halogens is 1. The molecule has 0 unspecified atom stereocenters. The van der Waals surface area contributed by atoms with Crippen LogP contribution in [0.2, 0.25) is 0 Å². The van der Waals surface area contributed by atoms with Gasteiger partial charge in [0.15, 0.2) is 0 Å². The summed E-state index contributed by atoms with van der Waals surface area (Å²) in [7, 11) is 1.28. The molecule has 1 heterocycles. The highest BCUT2D eigenvalue weighted by molar-refractivity contribution is 9.10. The Morgan fingerprint density at radius 3 is 2.93 bits per heavy atom. The van der Waals surface area contributed by atoms with E-state index in [1.165, 1.54) is 19.2 Å². The molecule has 0 amide bonds. The highest BCUT2D eigenvalue weighted by Crippen LogP contribution is 2.34. The highest BCUT2D eigenvalue weighted by atomic mass is 79.9. The molecule has 0 radical (unpaired) electrons. The number of phenolic OH excluding ortho intramolecular Hbond substituents is 1. The molecule has 4 nitrogen and oxygen atoms in total. The summed E-state index contributed by atoms with van der Waals surface area (Å²) >= 11 is 3.20. The number of phenols is 1. The third-order valence-corrected chi connectivity index (χ3v) is 2.83. The van der Waals surface area contributed by atoms with Crippen LogP contribution in [-0.2, 0) is 4.74 Å². The molecule has 0 saturated carbocycles. The molecule has 0 aliphatic carbocycles. The molecule has 0 fully saturated rings. The van der Waals surface area contributed by atoms with Gasteiger partial charge in [-0.15, -0.1) is 0 Å². The summed E-state index contributed by atoms with van der Waals surface area (Å²) < 4.78 is 10.3. The monoisotopic (exact) mass is 270 g/mol. The summed E-state index contributed by atoms with van der Waals surface area (Å²) in [4.78, 5) is 11.2. The first-order valence-electron chi connectivity index (χ1n) is 4.13. The van der Waals surface area contributed by atoms with E-state index in [0.29, 0.717) is 15.4 Å². The van der Waals surface area contributed by atoms with Crippen LogP contribution in [0.1, 0.15) is 10.6 Å². The van der Waals surface area contributed by atoms with Gasteiger partial charge in [0.2, 0.25) is 5.76 Å². The zero-order valence-corrected chi connectivity index (χ0v) is 9.37. The van der Waals surface area contributed by atoms with Crippen LogP contribution in [0.3, 0.4) is 0 Å². The van der Waals surface area contributed by atoms with E-state index in [0.717, 1.165) is 0 Å². The van der Waals surface area contributed by atoms with Gasteiger partial charge in [0.25, 0.3) is 0 Å². The molecular weight excluding hydrogens is 264 g/mol. The minimum absolute atomic E-state index is 0.0970. The van der Waals surface area contributed by atoms with E-state index < -0.39 is 5.97 Å². The molecule has 0 aliphatic heterocycles. The van der Waals surface area contributed by atoms with Gasteiger partial charge in [-0.3, -0.25) is 0 Å². The zero-order chi connectivity index (χ0) is 11.0. The van der Waals surface area contributed by atoms with Gasteiger partial charge < -0.3 is 14.3 Å². The summed E-state index contributed by atoms with van der Waals surface area (Å²) in [5, 5.41) is 10.1. The van der Waals surface area contributed by atoms with Crippen molar-refractivity contribution in [2.24, 2.45) is 0 Å². The number of esters is 1. The largest absolute Gasteiger partial charge is 0.507 e. The Kier molecular flexibility index (Phi) is 2.40. The Bertz CT molecular complexity index is 529. The summed E-state index contributed by atoms with van der Waals surface area (Å²) in [5.74, 6) is -0.337. The van der Waals surface area contributed by atoms with Crippen molar-refractivity contribution in [1.82, 2.24) is 0 Å². The van der Waals surface area contributed by atoms with Crippen molar-refractivity contribution in [3.63, 3.8) is 0 Å². The highest BCUT2D eigenvalue weighted by Gasteiger charge is 2.15. The van der Waals surface area contributed by atoms with Gasteiger partial charge in [-0.25, -0.2) is 4.79 Å². The van der Waals surface area contributed by atoms with Crippen LogP contribution in [0.5, 0.6) is 5.75 Å². The van der Waals surface area contributed by atoms with Crippen LogP contribution < -0.4 is 0 Å². The van der Waals surface area contributed by atoms with Crippen molar-refractivity contribution in [3.05, 3.63) is 28.4 Å². The van der Waals surface area contributed by atoms with Crippen molar-refractivity contribution in [1.29, 1.82) is 0 Å². The fourth-order valence-electron chi connectivity index (χ4n) is 1.27. The van der Waals surface area contributed by atoms with Gasteiger partial charge in [0, 0.05) is 11.5 Å². The number of fused-ring (bicyclic) bond motifs is 1. The maximum atomic E-state index is 11.2. The number of rotatable bonds is 1. The number of furan rings is 1. The summed E-state index contributed by atoms with van der Waals surface area (Å²) in [6.45, 7) is 0.